The lowest BCUT2D eigenvalue weighted by atomic mass is 9.46. The van der Waals surface area contributed by atoms with Gasteiger partial charge in [0, 0.05) is 0 Å². The first-order chi connectivity index (χ1) is 9.45. The van der Waals surface area contributed by atoms with E-state index < -0.39 is 0 Å². The summed E-state index contributed by atoms with van der Waals surface area (Å²) in [5.41, 5.74) is 0.756. The maximum atomic E-state index is 2.65. The molecule has 0 aliphatic heterocycles. The van der Waals surface area contributed by atoms with Crippen molar-refractivity contribution in [2.45, 2.75) is 79.6 Å². The summed E-state index contributed by atoms with van der Waals surface area (Å²) in [5.74, 6) is 7.28. The van der Waals surface area contributed by atoms with Crippen LogP contribution < -0.4 is 0 Å². The minimum atomic E-state index is 0.756. The van der Waals surface area contributed by atoms with Crippen molar-refractivity contribution < 1.29 is 0 Å². The van der Waals surface area contributed by atoms with E-state index in [9.17, 15) is 0 Å². The van der Waals surface area contributed by atoms with Crippen molar-refractivity contribution in [3.63, 3.8) is 0 Å². The lowest BCUT2D eigenvalue weighted by Crippen LogP contribution is -2.53. The molecule has 0 spiro atoms. The molecule has 0 aromatic heterocycles. The summed E-state index contributed by atoms with van der Waals surface area (Å²) in [5, 5.41) is 0. The fraction of sp³-hybridized carbons (Fsp3) is 1.00. The van der Waals surface area contributed by atoms with Gasteiger partial charge in [0.15, 0.2) is 0 Å². The molecule has 3 rings (SSSR count). The number of hydrogen-bond acceptors (Lipinski definition) is 0. The third-order valence-electron chi connectivity index (χ3n) is 7.73. The van der Waals surface area contributed by atoms with E-state index in [1.165, 1.54) is 25.7 Å². The van der Waals surface area contributed by atoms with Crippen molar-refractivity contribution in [3.8, 4) is 0 Å². The minimum Gasteiger partial charge on any atom is -0.0628 e. The van der Waals surface area contributed by atoms with Crippen molar-refractivity contribution >= 4 is 0 Å². The standard InChI is InChI=1S/C20H36/c1-13(2)7-6-8-14(3)16-11-12-20(5)17-10-9-15(4)18(17)19(16)20/h13-19H,6-12H2,1-5H3. The zero-order chi connectivity index (χ0) is 14.5. The Hall–Kier alpha value is 0. The van der Waals surface area contributed by atoms with E-state index in [0.29, 0.717) is 0 Å². The Balaban J connectivity index is 1.61. The topological polar surface area (TPSA) is 0 Å². The molecule has 0 heterocycles. The van der Waals surface area contributed by atoms with Gasteiger partial charge in [-0.05, 0) is 66.1 Å². The molecule has 3 fully saturated rings. The van der Waals surface area contributed by atoms with Crippen LogP contribution in [0.3, 0.4) is 0 Å². The molecule has 0 radical (unpaired) electrons. The molecule has 0 aromatic carbocycles. The molecule has 0 aromatic rings. The van der Waals surface area contributed by atoms with Crippen LogP contribution in [0.2, 0.25) is 0 Å². The lowest BCUT2D eigenvalue weighted by molar-refractivity contribution is -0.108. The van der Waals surface area contributed by atoms with Gasteiger partial charge in [-0.15, -0.1) is 0 Å². The van der Waals surface area contributed by atoms with Crippen LogP contribution in [0.5, 0.6) is 0 Å². The predicted octanol–water partition coefficient (Wildman–Crippen LogP) is 6.16. The van der Waals surface area contributed by atoms with Crippen molar-refractivity contribution in [3.05, 3.63) is 0 Å². The Bertz CT molecular complexity index is 344. The summed E-state index contributed by atoms with van der Waals surface area (Å²) >= 11 is 0. The second-order valence-electron chi connectivity index (χ2n) is 9.27. The van der Waals surface area contributed by atoms with Crippen LogP contribution in [-0.4, -0.2) is 0 Å². The van der Waals surface area contributed by atoms with E-state index in [4.69, 9.17) is 0 Å². The van der Waals surface area contributed by atoms with Gasteiger partial charge in [0.05, 0.1) is 0 Å². The van der Waals surface area contributed by atoms with Crippen LogP contribution in [0.25, 0.3) is 0 Å². The zero-order valence-corrected chi connectivity index (χ0v) is 14.5. The van der Waals surface area contributed by atoms with E-state index in [-0.39, 0.29) is 0 Å². The normalized spacial score (nSPS) is 48.0. The molecule has 0 heteroatoms. The molecule has 0 saturated heterocycles. The molecule has 20 heavy (non-hydrogen) atoms. The van der Waals surface area contributed by atoms with Gasteiger partial charge in [0.1, 0.15) is 0 Å². The summed E-state index contributed by atoms with van der Waals surface area (Å²) in [4.78, 5) is 0. The highest BCUT2D eigenvalue weighted by atomic mass is 14.7. The average molecular weight is 277 g/mol. The summed E-state index contributed by atoms with van der Waals surface area (Å²) in [7, 11) is 0. The van der Waals surface area contributed by atoms with Crippen LogP contribution in [-0.2, 0) is 0 Å². The number of fused-ring (bicyclic) bond motifs is 4. The fourth-order valence-corrected chi connectivity index (χ4v) is 6.65. The average Bonchev–Trinajstić information content (AvgIpc) is 2.84. The third-order valence-corrected chi connectivity index (χ3v) is 7.73. The highest BCUT2D eigenvalue weighted by Crippen LogP contribution is 2.73. The molecule has 0 N–H and O–H groups in total. The Morgan fingerprint density at radius 1 is 1.05 bits per heavy atom. The van der Waals surface area contributed by atoms with Gasteiger partial charge in [-0.1, -0.05) is 60.3 Å². The van der Waals surface area contributed by atoms with Crippen LogP contribution >= 0.6 is 0 Å². The Morgan fingerprint density at radius 3 is 2.50 bits per heavy atom. The summed E-state index contributed by atoms with van der Waals surface area (Å²) in [6, 6.07) is 0. The quantitative estimate of drug-likeness (QED) is 0.564. The first-order valence-corrected chi connectivity index (χ1v) is 9.45. The Morgan fingerprint density at radius 2 is 1.80 bits per heavy atom. The van der Waals surface area contributed by atoms with E-state index in [2.05, 4.69) is 34.6 Å². The molecule has 116 valence electrons. The van der Waals surface area contributed by atoms with Crippen LogP contribution in [0.4, 0.5) is 0 Å². The second-order valence-corrected chi connectivity index (χ2v) is 9.27. The zero-order valence-electron chi connectivity index (χ0n) is 14.5. The Labute approximate surface area is 127 Å². The van der Waals surface area contributed by atoms with Gasteiger partial charge in [-0.25, -0.2) is 0 Å². The molecule has 3 aliphatic rings. The van der Waals surface area contributed by atoms with Gasteiger partial charge in [0.25, 0.3) is 0 Å². The first kappa shape index (κ1) is 14.9. The largest absolute Gasteiger partial charge is 0.0628 e. The smallest absolute Gasteiger partial charge is 0.0261 e. The van der Waals surface area contributed by atoms with Crippen molar-refractivity contribution in [1.82, 2.24) is 0 Å². The summed E-state index contributed by atoms with van der Waals surface area (Å²) < 4.78 is 0. The van der Waals surface area contributed by atoms with E-state index >= 15 is 0 Å². The highest BCUT2D eigenvalue weighted by molar-refractivity contribution is 5.15. The van der Waals surface area contributed by atoms with E-state index in [1.54, 1.807) is 19.3 Å². The first-order valence-electron chi connectivity index (χ1n) is 9.45. The van der Waals surface area contributed by atoms with Gasteiger partial charge in [-0.3, -0.25) is 0 Å². The molecule has 0 amide bonds. The molecule has 3 saturated carbocycles. The van der Waals surface area contributed by atoms with Gasteiger partial charge in [0.2, 0.25) is 0 Å². The molecule has 0 bridgehead atoms. The molecule has 7 unspecified atom stereocenters. The second kappa shape index (κ2) is 5.33. The predicted molar refractivity (Wildman–Crippen MR) is 87.6 cm³/mol. The lowest BCUT2D eigenvalue weighted by Gasteiger charge is -2.58. The van der Waals surface area contributed by atoms with Crippen molar-refractivity contribution in [2.24, 2.45) is 46.8 Å². The van der Waals surface area contributed by atoms with Crippen molar-refractivity contribution in [1.29, 1.82) is 0 Å². The molecular formula is C20H36. The van der Waals surface area contributed by atoms with Gasteiger partial charge < -0.3 is 0 Å². The molecule has 7 atom stereocenters. The van der Waals surface area contributed by atoms with Gasteiger partial charge in [-0.2, -0.15) is 0 Å². The Kier molecular flexibility index (Phi) is 3.97. The monoisotopic (exact) mass is 276 g/mol. The van der Waals surface area contributed by atoms with Crippen LogP contribution in [0, 0.1) is 46.8 Å². The van der Waals surface area contributed by atoms with Gasteiger partial charge >= 0.3 is 0 Å². The minimum absolute atomic E-state index is 0.756. The third kappa shape index (κ3) is 2.17. The number of hydrogen-bond donors (Lipinski definition) is 0. The van der Waals surface area contributed by atoms with E-state index in [1.807, 2.05) is 0 Å². The highest BCUT2D eigenvalue weighted by Gasteiger charge is 2.66. The summed E-state index contributed by atoms with van der Waals surface area (Å²) in [6.45, 7) is 12.5. The molecular weight excluding hydrogens is 240 g/mol. The SMILES string of the molecule is CC(C)CCCC(C)C1CCC2(C)C3CCC(C)C3C12. The summed E-state index contributed by atoms with van der Waals surface area (Å²) in [6.07, 6.45) is 10.5. The molecule has 0 nitrogen and oxygen atoms in total. The maximum Gasteiger partial charge on any atom is -0.0261 e. The maximum absolute atomic E-state index is 2.65. The van der Waals surface area contributed by atoms with Crippen molar-refractivity contribution in [2.75, 3.05) is 0 Å². The van der Waals surface area contributed by atoms with Crippen LogP contribution in [0.15, 0.2) is 0 Å². The number of rotatable bonds is 5. The van der Waals surface area contributed by atoms with E-state index in [0.717, 1.165) is 46.8 Å². The fourth-order valence-electron chi connectivity index (χ4n) is 6.65. The molecule has 3 aliphatic carbocycles. The van der Waals surface area contributed by atoms with Crippen LogP contribution in [0.1, 0.15) is 79.6 Å².